The first kappa shape index (κ1) is 24.6. The van der Waals surface area contributed by atoms with Crippen LogP contribution in [0.15, 0.2) is 83.8 Å². The van der Waals surface area contributed by atoms with Crippen molar-refractivity contribution in [2.45, 2.75) is 12.6 Å². The summed E-state index contributed by atoms with van der Waals surface area (Å²) in [4.78, 5) is 33.8. The number of hydrogen-bond donors (Lipinski definition) is 0. The highest BCUT2D eigenvalue weighted by molar-refractivity contribution is 5.93. The zero-order valence-electron chi connectivity index (χ0n) is 20.7. The summed E-state index contributed by atoms with van der Waals surface area (Å²) in [7, 11) is 1.53. The number of rotatable bonds is 8. The molecule has 4 aromatic rings. The van der Waals surface area contributed by atoms with E-state index in [1.807, 2.05) is 41.3 Å². The van der Waals surface area contributed by atoms with Crippen LogP contribution in [0.3, 0.4) is 0 Å². The van der Waals surface area contributed by atoms with Gasteiger partial charge in [-0.25, -0.2) is 0 Å². The van der Waals surface area contributed by atoms with Crippen molar-refractivity contribution in [3.05, 3.63) is 111 Å². The Balaban J connectivity index is 1.51. The average molecular weight is 500 g/mol. The van der Waals surface area contributed by atoms with Gasteiger partial charge in [0.25, 0.3) is 0 Å². The molecule has 1 aliphatic heterocycles. The molecule has 0 bridgehead atoms. The van der Waals surface area contributed by atoms with Gasteiger partial charge < -0.3 is 9.64 Å². The maximum Gasteiger partial charge on any atom is 0.359 e. The number of nitrogens with zero attached hydrogens (tertiary/aromatic N) is 5. The lowest BCUT2D eigenvalue weighted by atomic mass is 9.96. The number of fused-ring (bicyclic) bond motifs is 1. The quantitative estimate of drug-likeness (QED) is 0.268. The third-order valence-corrected chi connectivity index (χ3v) is 6.90. The van der Waals surface area contributed by atoms with Gasteiger partial charge in [-0.2, -0.15) is 0 Å². The van der Waals surface area contributed by atoms with Gasteiger partial charge in [-0.05, 0) is 23.3 Å². The van der Waals surface area contributed by atoms with E-state index in [1.54, 1.807) is 18.3 Å². The zero-order chi connectivity index (χ0) is 25.8. The fourth-order valence-corrected chi connectivity index (χ4v) is 5.20. The van der Waals surface area contributed by atoms with Gasteiger partial charge in [0.15, 0.2) is 0 Å². The molecule has 0 spiro atoms. The Morgan fingerprint density at radius 1 is 0.946 bits per heavy atom. The number of piperazine rings is 1. The summed E-state index contributed by atoms with van der Waals surface area (Å²) in [6.45, 7) is 2.88. The Kier molecular flexibility index (Phi) is 7.25. The normalized spacial score (nSPS) is 14.4. The van der Waals surface area contributed by atoms with Crippen molar-refractivity contribution in [1.29, 1.82) is 0 Å². The van der Waals surface area contributed by atoms with E-state index < -0.39 is 16.2 Å². The number of anilines is 1. The molecule has 0 amide bonds. The molecule has 0 radical (unpaired) electrons. The van der Waals surface area contributed by atoms with Crippen LogP contribution >= 0.6 is 0 Å². The Morgan fingerprint density at radius 3 is 2.14 bits per heavy atom. The van der Waals surface area contributed by atoms with Crippen LogP contribution in [0.25, 0.3) is 11.0 Å². The number of aromatic nitrogens is 2. The predicted molar refractivity (Wildman–Crippen MR) is 143 cm³/mol. The topological polar surface area (TPSA) is 93.7 Å². The van der Waals surface area contributed by atoms with Crippen molar-refractivity contribution >= 4 is 22.4 Å². The van der Waals surface area contributed by atoms with E-state index in [9.17, 15) is 14.9 Å². The van der Waals surface area contributed by atoms with E-state index >= 15 is 0 Å². The molecule has 0 saturated carbocycles. The van der Waals surface area contributed by atoms with Crippen LogP contribution in [-0.4, -0.2) is 59.3 Å². The van der Waals surface area contributed by atoms with Crippen molar-refractivity contribution in [3.63, 3.8) is 0 Å². The van der Waals surface area contributed by atoms with Crippen molar-refractivity contribution in [1.82, 2.24) is 14.5 Å². The third kappa shape index (κ3) is 4.83. The molecule has 5 rings (SSSR count). The maximum atomic E-state index is 13.3. The highest BCUT2D eigenvalue weighted by atomic mass is 16.6. The second-order valence-corrected chi connectivity index (χ2v) is 9.02. The molecule has 0 atom stereocenters. The van der Waals surface area contributed by atoms with Crippen molar-refractivity contribution in [2.24, 2.45) is 0 Å². The molecular formula is C28H29N5O4. The SMILES string of the molecule is COCCn1c(=O)c([N+](=O)[O-])c(N2CCN(C(c3ccccc3)c3ccccc3)CC2)c2ncccc21. The largest absolute Gasteiger partial charge is 0.383 e. The fourth-order valence-electron chi connectivity index (χ4n) is 5.20. The average Bonchev–Trinajstić information content (AvgIpc) is 2.94. The minimum absolute atomic E-state index is 0.0662. The van der Waals surface area contributed by atoms with Crippen molar-refractivity contribution in [3.8, 4) is 0 Å². The van der Waals surface area contributed by atoms with E-state index in [-0.39, 0.29) is 19.2 Å². The van der Waals surface area contributed by atoms with Gasteiger partial charge in [0.05, 0.1) is 23.1 Å². The van der Waals surface area contributed by atoms with E-state index in [4.69, 9.17) is 4.74 Å². The molecule has 3 heterocycles. The summed E-state index contributed by atoms with van der Waals surface area (Å²) in [6.07, 6.45) is 1.61. The van der Waals surface area contributed by atoms with Crippen LogP contribution < -0.4 is 10.5 Å². The zero-order valence-corrected chi connectivity index (χ0v) is 20.7. The third-order valence-electron chi connectivity index (χ3n) is 6.90. The molecule has 0 N–H and O–H groups in total. The summed E-state index contributed by atoms with van der Waals surface area (Å²) in [5, 5.41) is 12.2. The molecule has 9 heteroatoms. The first-order valence-electron chi connectivity index (χ1n) is 12.3. The number of nitro groups is 1. The molecule has 37 heavy (non-hydrogen) atoms. The summed E-state index contributed by atoms with van der Waals surface area (Å²) < 4.78 is 6.53. The molecule has 0 aliphatic carbocycles. The summed E-state index contributed by atoms with van der Waals surface area (Å²) >= 11 is 0. The first-order valence-corrected chi connectivity index (χ1v) is 12.3. The van der Waals surface area contributed by atoms with Gasteiger partial charge in [0, 0.05) is 46.0 Å². The Morgan fingerprint density at radius 2 is 1.57 bits per heavy atom. The van der Waals surface area contributed by atoms with E-state index in [0.29, 0.717) is 42.9 Å². The molecule has 1 fully saturated rings. The van der Waals surface area contributed by atoms with Gasteiger partial charge >= 0.3 is 11.2 Å². The Hall–Kier alpha value is -4.08. The van der Waals surface area contributed by atoms with Crippen molar-refractivity contribution in [2.75, 3.05) is 44.8 Å². The predicted octanol–water partition coefficient (Wildman–Crippen LogP) is 3.86. The second-order valence-electron chi connectivity index (χ2n) is 9.02. The van der Waals surface area contributed by atoms with Crippen LogP contribution in [-0.2, 0) is 11.3 Å². The smallest absolute Gasteiger partial charge is 0.359 e. The first-order chi connectivity index (χ1) is 18.1. The van der Waals surface area contributed by atoms with Gasteiger partial charge in [0.2, 0.25) is 0 Å². The van der Waals surface area contributed by atoms with Crippen LogP contribution in [0, 0.1) is 10.1 Å². The minimum Gasteiger partial charge on any atom is -0.383 e. The van der Waals surface area contributed by atoms with E-state index in [2.05, 4.69) is 34.1 Å². The number of benzene rings is 2. The molecular weight excluding hydrogens is 470 g/mol. The van der Waals surface area contributed by atoms with E-state index in [1.165, 1.54) is 22.8 Å². The maximum absolute atomic E-state index is 13.3. The lowest BCUT2D eigenvalue weighted by Crippen LogP contribution is -2.48. The monoisotopic (exact) mass is 499 g/mol. The molecule has 190 valence electrons. The van der Waals surface area contributed by atoms with Gasteiger partial charge in [-0.3, -0.25) is 29.4 Å². The van der Waals surface area contributed by atoms with Crippen molar-refractivity contribution < 1.29 is 9.66 Å². The van der Waals surface area contributed by atoms with Gasteiger partial charge in [0.1, 0.15) is 11.2 Å². The number of methoxy groups -OCH3 is 1. The molecule has 0 unspecified atom stereocenters. The van der Waals surface area contributed by atoms with Gasteiger partial charge in [-0.15, -0.1) is 0 Å². The minimum atomic E-state index is -0.633. The number of hydrogen-bond acceptors (Lipinski definition) is 7. The lowest BCUT2D eigenvalue weighted by molar-refractivity contribution is -0.385. The molecule has 2 aromatic heterocycles. The number of ether oxygens (including phenoxy) is 1. The van der Waals surface area contributed by atoms with Crippen LogP contribution in [0.1, 0.15) is 17.2 Å². The highest BCUT2D eigenvalue weighted by Crippen LogP contribution is 2.35. The van der Waals surface area contributed by atoms with Gasteiger partial charge in [-0.1, -0.05) is 60.7 Å². The Bertz CT molecular complexity index is 1390. The fraction of sp³-hybridized carbons (Fsp3) is 0.286. The molecule has 1 aliphatic rings. The van der Waals surface area contributed by atoms with E-state index in [0.717, 1.165) is 0 Å². The summed E-state index contributed by atoms with van der Waals surface area (Å²) in [5.74, 6) is 0. The molecule has 2 aromatic carbocycles. The number of pyridine rings is 2. The Labute approximate surface area is 214 Å². The van der Waals surface area contributed by atoms with Crippen LogP contribution in [0.4, 0.5) is 11.4 Å². The van der Waals surface area contributed by atoms with Crippen LogP contribution in [0.5, 0.6) is 0 Å². The second kappa shape index (κ2) is 10.9. The molecule has 9 nitrogen and oxygen atoms in total. The van der Waals surface area contributed by atoms with Crippen LogP contribution in [0.2, 0.25) is 0 Å². The standard InChI is InChI=1S/C28H29N5O4/c1-37-20-19-32-23-13-8-14-29-24(23)26(27(28(32)34)33(35)36)31-17-15-30(16-18-31)25(21-9-4-2-5-10-21)22-11-6-3-7-12-22/h2-14,25H,15-20H2,1H3. The highest BCUT2D eigenvalue weighted by Gasteiger charge is 2.33. The summed E-state index contributed by atoms with van der Waals surface area (Å²) in [6, 6.07) is 24.3. The summed E-state index contributed by atoms with van der Waals surface area (Å²) in [5.41, 5.74) is 2.65. The lowest BCUT2D eigenvalue weighted by Gasteiger charge is -2.40. The molecule has 1 saturated heterocycles.